The molecule has 0 aromatic heterocycles. The van der Waals surface area contributed by atoms with Crippen LogP contribution < -0.4 is 0 Å². The summed E-state index contributed by atoms with van der Waals surface area (Å²) in [5.41, 5.74) is 2.64. The Morgan fingerprint density at radius 1 is 1.08 bits per heavy atom. The summed E-state index contributed by atoms with van der Waals surface area (Å²) in [6, 6.07) is 8.45. The van der Waals surface area contributed by atoms with Gasteiger partial charge in [0.15, 0.2) is 0 Å². The minimum absolute atomic E-state index is 1.32. The third-order valence-electron chi connectivity index (χ3n) is 1.38. The first-order valence-corrected chi connectivity index (χ1v) is 4.69. The van der Waals surface area contributed by atoms with Crippen LogP contribution in [-0.4, -0.2) is 9.79 Å². The van der Waals surface area contributed by atoms with Crippen molar-refractivity contribution in [2.75, 3.05) is 0 Å². The summed E-state index contributed by atoms with van der Waals surface area (Å²) in [6.07, 6.45) is 4.24. The fourth-order valence-corrected chi connectivity index (χ4v) is 0.959. The number of rotatable bonds is 0. The van der Waals surface area contributed by atoms with Crippen molar-refractivity contribution >= 4 is 20.4 Å². The molecule has 0 radical (unpaired) electrons. The molecule has 0 heterocycles. The summed E-state index contributed by atoms with van der Waals surface area (Å²) in [5, 5.41) is 0. The molecule has 2 bridgehead atoms. The van der Waals surface area contributed by atoms with Gasteiger partial charge < -0.3 is 9.79 Å². The van der Waals surface area contributed by atoms with Crippen LogP contribution in [0, 0.1) is 0 Å². The number of hydrogen-bond donors (Lipinski definition) is 2. The van der Waals surface area contributed by atoms with Crippen LogP contribution in [0.3, 0.4) is 0 Å². The largest absolute Gasteiger partial charge is 0.326 e. The lowest BCUT2D eigenvalue weighted by Gasteiger charge is -1.83. The Balaban J connectivity index is 0.000000157. The van der Waals surface area contributed by atoms with Crippen molar-refractivity contribution in [1.29, 1.82) is 0 Å². The van der Waals surface area contributed by atoms with Crippen LogP contribution in [0.1, 0.15) is 11.1 Å². The highest BCUT2D eigenvalue weighted by Gasteiger charge is 1.94. The lowest BCUT2D eigenvalue weighted by atomic mass is 10.2. The average molecular weight is 184 g/mol. The van der Waals surface area contributed by atoms with Crippen molar-refractivity contribution in [3.05, 3.63) is 35.4 Å². The molecule has 64 valence electrons. The zero-order chi connectivity index (χ0) is 8.97. The van der Waals surface area contributed by atoms with Crippen LogP contribution >= 0.6 is 8.25 Å². The Bertz CT molecular complexity index is 295. The van der Waals surface area contributed by atoms with Crippen molar-refractivity contribution in [2.24, 2.45) is 0 Å². The maximum Gasteiger partial charge on any atom is 0.314 e. The van der Waals surface area contributed by atoms with Crippen LogP contribution in [0.4, 0.5) is 0 Å². The smallest absolute Gasteiger partial charge is 0.314 e. The Morgan fingerprint density at radius 2 is 1.50 bits per heavy atom. The van der Waals surface area contributed by atoms with Crippen molar-refractivity contribution in [3.63, 3.8) is 0 Å². The van der Waals surface area contributed by atoms with Gasteiger partial charge in [-0.25, -0.2) is 0 Å². The van der Waals surface area contributed by atoms with Crippen LogP contribution in [-0.2, 0) is 4.57 Å². The summed E-state index contributed by atoms with van der Waals surface area (Å²) < 4.78 is 8.74. The molecule has 0 fully saturated rings. The Morgan fingerprint density at radius 3 is 1.83 bits per heavy atom. The fourth-order valence-electron chi connectivity index (χ4n) is 0.959. The van der Waals surface area contributed by atoms with Crippen molar-refractivity contribution in [1.82, 2.24) is 0 Å². The molecule has 1 aromatic carbocycles. The molecule has 0 spiro atoms. The van der Waals surface area contributed by atoms with E-state index in [0.717, 1.165) is 0 Å². The van der Waals surface area contributed by atoms with Gasteiger partial charge in [0.25, 0.3) is 0 Å². The Hall–Kier alpha value is -0.890. The standard InChI is InChI=1S/C8H6.H3O3P/c1-2-7-4-5-8(3-1)6-7;1-4(2)3/h1-6H;4H,(H2,1,2,3). The van der Waals surface area contributed by atoms with Gasteiger partial charge in [0.05, 0.1) is 0 Å². The van der Waals surface area contributed by atoms with E-state index in [1.807, 2.05) is 0 Å². The first kappa shape index (κ1) is 9.20. The second-order valence-corrected chi connectivity index (χ2v) is 2.85. The van der Waals surface area contributed by atoms with Gasteiger partial charge in [-0.2, -0.15) is 0 Å². The molecule has 1 aliphatic carbocycles. The summed E-state index contributed by atoms with van der Waals surface area (Å²) in [7, 11) is -3.13. The Kier molecular flexibility index (Phi) is 3.23. The van der Waals surface area contributed by atoms with Gasteiger partial charge in [0.2, 0.25) is 0 Å². The molecule has 3 nitrogen and oxygen atoms in total. The zero-order valence-corrected chi connectivity index (χ0v) is 7.27. The minimum atomic E-state index is -3.13. The van der Waals surface area contributed by atoms with E-state index in [1.165, 1.54) is 11.1 Å². The van der Waals surface area contributed by atoms with Gasteiger partial charge in [-0.3, -0.25) is 4.57 Å². The summed E-state index contributed by atoms with van der Waals surface area (Å²) >= 11 is 0. The molecule has 0 saturated heterocycles. The molecular formula is C8H9O3P. The molecule has 1 aliphatic rings. The molecule has 0 unspecified atom stereocenters. The van der Waals surface area contributed by atoms with Gasteiger partial charge in [0.1, 0.15) is 0 Å². The third-order valence-corrected chi connectivity index (χ3v) is 1.38. The van der Waals surface area contributed by atoms with E-state index in [4.69, 9.17) is 14.4 Å². The van der Waals surface area contributed by atoms with E-state index in [9.17, 15) is 0 Å². The van der Waals surface area contributed by atoms with Crippen molar-refractivity contribution in [3.8, 4) is 0 Å². The molecule has 2 N–H and O–H groups in total. The highest BCUT2D eigenvalue weighted by molar-refractivity contribution is 7.30. The summed E-state index contributed by atoms with van der Waals surface area (Å²) in [5.74, 6) is 0. The van der Waals surface area contributed by atoms with Gasteiger partial charge in [-0.05, 0) is 17.2 Å². The van der Waals surface area contributed by atoms with E-state index >= 15 is 0 Å². The molecule has 0 atom stereocenters. The average Bonchev–Trinajstić information content (AvgIpc) is 2.30. The predicted molar refractivity (Wildman–Crippen MR) is 48.8 cm³/mol. The number of benzene rings is 1. The van der Waals surface area contributed by atoms with Crippen LogP contribution in [0.5, 0.6) is 0 Å². The van der Waals surface area contributed by atoms with Gasteiger partial charge >= 0.3 is 8.25 Å². The number of hydrogen-bond acceptors (Lipinski definition) is 1. The van der Waals surface area contributed by atoms with Gasteiger partial charge in [-0.1, -0.05) is 30.4 Å². The molecule has 0 amide bonds. The normalized spacial score (nSPS) is 11.2. The predicted octanol–water partition coefficient (Wildman–Crippen LogP) is 1.53. The van der Waals surface area contributed by atoms with E-state index in [2.05, 4.69) is 36.4 Å². The lowest BCUT2D eigenvalue weighted by Crippen LogP contribution is -1.63. The maximum atomic E-state index is 8.74. The summed E-state index contributed by atoms with van der Waals surface area (Å²) in [6.45, 7) is 0. The van der Waals surface area contributed by atoms with E-state index in [-0.39, 0.29) is 0 Å². The molecule has 1 aromatic rings. The first-order chi connectivity index (χ1) is 5.68. The van der Waals surface area contributed by atoms with Crippen LogP contribution in [0.15, 0.2) is 24.3 Å². The van der Waals surface area contributed by atoms with Gasteiger partial charge in [-0.15, -0.1) is 0 Å². The molecule has 0 aliphatic heterocycles. The highest BCUT2D eigenvalue weighted by atomic mass is 31.1. The van der Waals surface area contributed by atoms with Crippen molar-refractivity contribution < 1.29 is 14.4 Å². The fraction of sp³-hybridized carbons (Fsp3) is 0. The highest BCUT2D eigenvalue weighted by Crippen LogP contribution is 2.16. The minimum Gasteiger partial charge on any atom is -0.326 e. The lowest BCUT2D eigenvalue weighted by molar-refractivity contribution is 0.405. The van der Waals surface area contributed by atoms with E-state index < -0.39 is 8.25 Å². The molecule has 4 heteroatoms. The third kappa shape index (κ3) is 3.01. The monoisotopic (exact) mass is 184 g/mol. The summed E-state index contributed by atoms with van der Waals surface area (Å²) in [4.78, 5) is 14.3. The molecular weight excluding hydrogens is 175 g/mol. The first-order valence-electron chi connectivity index (χ1n) is 3.38. The second kappa shape index (κ2) is 4.21. The van der Waals surface area contributed by atoms with E-state index in [1.54, 1.807) is 0 Å². The zero-order valence-electron chi connectivity index (χ0n) is 6.27. The quantitative estimate of drug-likeness (QED) is 0.610. The Labute approximate surface area is 70.9 Å². The molecule has 2 rings (SSSR count). The number of fused-ring (bicyclic) bond motifs is 2. The van der Waals surface area contributed by atoms with Crippen molar-refractivity contribution in [2.45, 2.75) is 0 Å². The molecule has 0 saturated carbocycles. The van der Waals surface area contributed by atoms with E-state index in [0.29, 0.717) is 0 Å². The second-order valence-electron chi connectivity index (χ2n) is 2.29. The van der Waals surface area contributed by atoms with Crippen LogP contribution in [0.2, 0.25) is 0 Å². The SMILES string of the molecule is C1=Cc2cccc1c2.O=[PH](O)O. The molecule has 12 heavy (non-hydrogen) atoms. The maximum absolute atomic E-state index is 8.74. The van der Waals surface area contributed by atoms with Crippen LogP contribution in [0.25, 0.3) is 12.2 Å². The topological polar surface area (TPSA) is 57.5 Å². The van der Waals surface area contributed by atoms with Gasteiger partial charge in [0, 0.05) is 0 Å².